The van der Waals surface area contributed by atoms with Gasteiger partial charge in [-0.15, -0.1) is 0 Å². The standard InChI is InChI=1S/C19H24F3NO/c1-23-9-8-18-7-3-2-4-15(18)17(23)10-13-5-6-14(11-16(13)18)24-12-19(20,21)22/h5-6,11,15,17H,2-4,7-10,12H2,1H3/t15-,17+,18+/m1/s1. The van der Waals surface area contributed by atoms with E-state index in [1.54, 1.807) is 6.07 Å². The zero-order chi connectivity index (χ0) is 16.9. The van der Waals surface area contributed by atoms with Crippen molar-refractivity contribution in [3.05, 3.63) is 29.3 Å². The summed E-state index contributed by atoms with van der Waals surface area (Å²) < 4.78 is 42.4. The van der Waals surface area contributed by atoms with Gasteiger partial charge in [0.05, 0.1) is 0 Å². The number of fused-ring (bicyclic) bond motifs is 1. The second-order valence-electron chi connectivity index (χ2n) is 7.73. The Kier molecular flexibility index (Phi) is 3.83. The molecule has 1 aromatic rings. The van der Waals surface area contributed by atoms with Crippen LogP contribution in [0.25, 0.3) is 0 Å². The van der Waals surface area contributed by atoms with Crippen molar-refractivity contribution in [1.82, 2.24) is 4.90 Å². The van der Waals surface area contributed by atoms with Crippen molar-refractivity contribution in [2.45, 2.75) is 56.2 Å². The molecule has 2 fully saturated rings. The number of rotatable bonds is 2. The molecule has 0 spiro atoms. The average Bonchev–Trinajstić information content (AvgIpc) is 2.56. The quantitative estimate of drug-likeness (QED) is 0.796. The number of likely N-dealkylation sites (N-methyl/N-ethyl adjacent to an activating group) is 1. The van der Waals surface area contributed by atoms with Crippen molar-refractivity contribution >= 4 is 0 Å². The topological polar surface area (TPSA) is 12.5 Å². The second-order valence-corrected chi connectivity index (χ2v) is 7.73. The van der Waals surface area contributed by atoms with Crippen LogP contribution in [-0.4, -0.2) is 37.3 Å². The third-order valence-electron chi connectivity index (χ3n) is 6.49. The van der Waals surface area contributed by atoms with Crippen LogP contribution in [-0.2, 0) is 11.8 Å². The van der Waals surface area contributed by atoms with Gasteiger partial charge in [0.1, 0.15) is 5.75 Å². The molecule has 1 saturated carbocycles. The third-order valence-corrected chi connectivity index (χ3v) is 6.49. The van der Waals surface area contributed by atoms with Crippen LogP contribution >= 0.6 is 0 Å². The predicted molar refractivity (Wildman–Crippen MR) is 86.4 cm³/mol. The highest BCUT2D eigenvalue weighted by atomic mass is 19.4. The van der Waals surface area contributed by atoms with Crippen LogP contribution in [0, 0.1) is 5.92 Å². The highest BCUT2D eigenvalue weighted by Gasteiger charge is 2.53. The smallest absolute Gasteiger partial charge is 0.422 e. The largest absolute Gasteiger partial charge is 0.484 e. The molecule has 2 nitrogen and oxygen atoms in total. The van der Waals surface area contributed by atoms with Gasteiger partial charge in [-0.1, -0.05) is 18.9 Å². The minimum absolute atomic E-state index is 0.153. The summed E-state index contributed by atoms with van der Waals surface area (Å²) in [7, 11) is 2.22. The van der Waals surface area contributed by atoms with Crippen molar-refractivity contribution in [2.75, 3.05) is 20.2 Å². The summed E-state index contributed by atoms with van der Waals surface area (Å²) in [5.74, 6) is 0.998. The molecule has 2 bridgehead atoms. The molecule has 0 aromatic heterocycles. The summed E-state index contributed by atoms with van der Waals surface area (Å²) in [6.07, 6.45) is 2.73. The van der Waals surface area contributed by atoms with Crippen molar-refractivity contribution in [1.29, 1.82) is 0 Å². The van der Waals surface area contributed by atoms with Crippen LogP contribution in [0.2, 0.25) is 0 Å². The number of likely N-dealkylation sites (tertiary alicyclic amines) is 1. The van der Waals surface area contributed by atoms with Crippen LogP contribution in [0.3, 0.4) is 0 Å². The molecule has 3 atom stereocenters. The first-order valence-corrected chi connectivity index (χ1v) is 8.92. The lowest BCUT2D eigenvalue weighted by atomic mass is 9.52. The van der Waals surface area contributed by atoms with E-state index in [4.69, 9.17) is 4.74 Å². The molecule has 1 aromatic carbocycles. The molecule has 0 N–H and O–H groups in total. The lowest BCUT2D eigenvalue weighted by Gasteiger charge is -2.58. The number of ether oxygens (including phenoxy) is 1. The Bertz CT molecular complexity index is 630. The van der Waals surface area contributed by atoms with Gasteiger partial charge in [0.25, 0.3) is 0 Å². The maximum atomic E-state index is 12.5. The fraction of sp³-hybridized carbons (Fsp3) is 0.684. The second kappa shape index (κ2) is 5.65. The fourth-order valence-corrected chi connectivity index (χ4v) is 5.43. The SMILES string of the molecule is CN1CC[C@@]23CCCC[C@@H]2[C@@H]1Cc1ccc(OCC(F)(F)F)cc13. The van der Waals surface area contributed by atoms with Crippen LogP contribution in [0.4, 0.5) is 13.2 Å². The summed E-state index contributed by atoms with van der Waals surface area (Å²) in [6, 6.07) is 6.20. The minimum Gasteiger partial charge on any atom is -0.484 e. The van der Waals surface area contributed by atoms with E-state index in [1.165, 1.54) is 30.4 Å². The number of hydrogen-bond acceptors (Lipinski definition) is 2. The third kappa shape index (κ3) is 2.61. The number of hydrogen-bond donors (Lipinski definition) is 0. The molecule has 4 rings (SSSR count). The number of nitrogens with zero attached hydrogens (tertiary/aromatic N) is 1. The Labute approximate surface area is 141 Å². The van der Waals surface area contributed by atoms with Crippen LogP contribution in [0.15, 0.2) is 18.2 Å². The number of alkyl halides is 3. The van der Waals surface area contributed by atoms with E-state index in [1.807, 2.05) is 12.1 Å². The van der Waals surface area contributed by atoms with Crippen LogP contribution < -0.4 is 4.74 Å². The van der Waals surface area contributed by atoms with Gasteiger partial charge in [0, 0.05) is 11.5 Å². The Morgan fingerprint density at radius 1 is 1.25 bits per heavy atom. The fourth-order valence-electron chi connectivity index (χ4n) is 5.43. The van der Waals surface area contributed by atoms with Gasteiger partial charge >= 0.3 is 6.18 Å². The highest BCUT2D eigenvalue weighted by Crippen LogP contribution is 2.55. The first-order chi connectivity index (χ1) is 11.4. The van der Waals surface area contributed by atoms with Crippen molar-refractivity contribution in [3.63, 3.8) is 0 Å². The van der Waals surface area contributed by atoms with Gasteiger partial charge in [-0.3, -0.25) is 0 Å². The first kappa shape index (κ1) is 16.2. The Morgan fingerprint density at radius 3 is 2.88 bits per heavy atom. The molecule has 0 amide bonds. The summed E-state index contributed by atoms with van der Waals surface area (Å²) in [6.45, 7) is -0.137. The molecule has 132 valence electrons. The predicted octanol–water partition coefficient (Wildman–Crippen LogP) is 4.32. The molecule has 2 aliphatic carbocycles. The van der Waals surface area contributed by atoms with Gasteiger partial charge in [0.15, 0.2) is 6.61 Å². The van der Waals surface area contributed by atoms with Gasteiger partial charge in [-0.25, -0.2) is 0 Å². The summed E-state index contributed by atoms with van der Waals surface area (Å²) in [5.41, 5.74) is 2.74. The summed E-state index contributed by atoms with van der Waals surface area (Å²) >= 11 is 0. The average molecular weight is 339 g/mol. The van der Waals surface area contributed by atoms with E-state index >= 15 is 0 Å². The summed E-state index contributed by atoms with van der Waals surface area (Å²) in [4.78, 5) is 2.49. The van der Waals surface area contributed by atoms with E-state index in [0.29, 0.717) is 17.7 Å². The Hall–Kier alpha value is -1.23. The first-order valence-electron chi connectivity index (χ1n) is 8.92. The van der Waals surface area contributed by atoms with E-state index in [9.17, 15) is 13.2 Å². The molecule has 1 aliphatic heterocycles. The zero-order valence-corrected chi connectivity index (χ0v) is 14.0. The number of piperidine rings is 1. The van der Waals surface area contributed by atoms with Crippen molar-refractivity contribution in [3.8, 4) is 5.75 Å². The molecule has 1 saturated heterocycles. The zero-order valence-electron chi connectivity index (χ0n) is 14.0. The maximum Gasteiger partial charge on any atom is 0.422 e. The molecule has 1 heterocycles. The van der Waals surface area contributed by atoms with Gasteiger partial charge in [-0.2, -0.15) is 13.2 Å². The van der Waals surface area contributed by atoms with Gasteiger partial charge in [-0.05, 0) is 68.5 Å². The van der Waals surface area contributed by atoms with Crippen LogP contribution in [0.1, 0.15) is 43.2 Å². The monoisotopic (exact) mass is 339 g/mol. The van der Waals surface area contributed by atoms with E-state index < -0.39 is 12.8 Å². The molecular formula is C19H24F3NO. The molecule has 0 unspecified atom stereocenters. The Balaban J connectivity index is 1.70. The number of halogens is 3. The van der Waals surface area contributed by atoms with Crippen LogP contribution in [0.5, 0.6) is 5.75 Å². The maximum absolute atomic E-state index is 12.5. The van der Waals surface area contributed by atoms with Crippen molar-refractivity contribution < 1.29 is 17.9 Å². The van der Waals surface area contributed by atoms with Gasteiger partial charge < -0.3 is 9.64 Å². The lowest BCUT2D eigenvalue weighted by molar-refractivity contribution is -0.153. The highest BCUT2D eigenvalue weighted by molar-refractivity contribution is 5.45. The minimum atomic E-state index is -4.29. The van der Waals surface area contributed by atoms with E-state index in [2.05, 4.69) is 11.9 Å². The summed E-state index contributed by atoms with van der Waals surface area (Å²) in [5, 5.41) is 0. The van der Waals surface area contributed by atoms with Gasteiger partial charge in [0.2, 0.25) is 0 Å². The van der Waals surface area contributed by atoms with E-state index in [0.717, 1.165) is 25.8 Å². The van der Waals surface area contributed by atoms with Crippen molar-refractivity contribution in [2.24, 2.45) is 5.92 Å². The molecule has 0 radical (unpaired) electrons. The Morgan fingerprint density at radius 2 is 2.08 bits per heavy atom. The normalized spacial score (nSPS) is 32.8. The molecule has 5 heteroatoms. The molecule has 24 heavy (non-hydrogen) atoms. The lowest BCUT2D eigenvalue weighted by Crippen LogP contribution is -2.59. The molecule has 3 aliphatic rings. The molecular weight excluding hydrogens is 315 g/mol. The number of benzene rings is 1. The van der Waals surface area contributed by atoms with E-state index in [-0.39, 0.29) is 5.41 Å².